The highest BCUT2D eigenvalue weighted by Gasteiger charge is 2.56. The van der Waals surface area contributed by atoms with E-state index in [-0.39, 0.29) is 0 Å². The fourth-order valence-electron chi connectivity index (χ4n) is 4.92. The molecule has 0 spiro atoms. The van der Waals surface area contributed by atoms with Gasteiger partial charge in [0.2, 0.25) is 0 Å². The summed E-state index contributed by atoms with van der Waals surface area (Å²) in [6.07, 6.45) is -25.8. The fourth-order valence-corrected chi connectivity index (χ4v) is 4.92. The van der Waals surface area contributed by atoms with Crippen LogP contribution in [0.3, 0.4) is 0 Å². The Balaban J connectivity index is 1.49. The molecule has 0 aromatic heterocycles. The average molecular weight is 577 g/mol. The van der Waals surface area contributed by atoms with Crippen LogP contribution < -0.4 is 0 Å². The van der Waals surface area contributed by atoms with Gasteiger partial charge < -0.3 is 89.3 Å². The van der Waals surface area contributed by atoms with E-state index in [2.05, 4.69) is 0 Å². The summed E-state index contributed by atoms with van der Waals surface area (Å²) in [6, 6.07) is 0. The highest BCUT2D eigenvalue weighted by Crippen LogP contribution is 2.36. The Kier molecular flexibility index (Phi) is 10.5. The molecule has 0 bridgehead atoms. The molecule has 0 aromatic rings. The van der Waals surface area contributed by atoms with Crippen molar-refractivity contribution in [1.82, 2.24) is 0 Å². The van der Waals surface area contributed by atoms with Gasteiger partial charge in [0.1, 0.15) is 79.4 Å². The third-order valence-corrected chi connectivity index (χ3v) is 7.14. The minimum atomic E-state index is -1.77. The van der Waals surface area contributed by atoms with Crippen molar-refractivity contribution in [2.45, 2.75) is 105 Å². The third-order valence-electron chi connectivity index (χ3n) is 7.14. The monoisotopic (exact) mass is 576 g/mol. The van der Waals surface area contributed by atoms with Crippen molar-refractivity contribution in [3.05, 3.63) is 0 Å². The van der Waals surface area contributed by atoms with E-state index in [0.717, 1.165) is 0 Å². The second-order valence-corrected chi connectivity index (χ2v) is 9.67. The van der Waals surface area contributed by atoms with Gasteiger partial charge in [0.15, 0.2) is 25.2 Å². The first-order chi connectivity index (χ1) is 18.6. The zero-order valence-electron chi connectivity index (χ0n) is 20.4. The Morgan fingerprint density at radius 1 is 0.513 bits per heavy atom. The molecule has 228 valence electrons. The van der Waals surface area contributed by atoms with Crippen molar-refractivity contribution < 1.29 is 89.3 Å². The van der Waals surface area contributed by atoms with Gasteiger partial charge in [-0.15, -0.1) is 0 Å². The zero-order valence-corrected chi connectivity index (χ0v) is 20.4. The van der Waals surface area contributed by atoms with Crippen LogP contribution in [0.25, 0.3) is 0 Å². The van der Waals surface area contributed by atoms with Crippen LogP contribution in [-0.2, 0) is 33.2 Å². The molecule has 0 unspecified atom stereocenters. The lowest BCUT2D eigenvalue weighted by molar-refractivity contribution is -0.283. The van der Waals surface area contributed by atoms with Crippen molar-refractivity contribution in [3.8, 4) is 0 Å². The molecule has 11 N–H and O–H groups in total. The van der Waals surface area contributed by atoms with Crippen molar-refractivity contribution in [1.29, 1.82) is 0 Å². The van der Waals surface area contributed by atoms with Gasteiger partial charge in [-0.3, -0.25) is 0 Å². The summed E-state index contributed by atoms with van der Waals surface area (Å²) in [5.41, 5.74) is 0. The number of hydrogen-bond acceptors (Lipinski definition) is 18. The molecule has 39 heavy (non-hydrogen) atoms. The molecule has 0 radical (unpaired) electrons. The molecule has 0 aromatic carbocycles. The minimum Gasteiger partial charge on any atom is -0.394 e. The summed E-state index contributed by atoms with van der Waals surface area (Å²) in [5.74, 6) is 0. The first-order valence-corrected chi connectivity index (χ1v) is 12.3. The van der Waals surface area contributed by atoms with Crippen molar-refractivity contribution in [3.63, 3.8) is 0 Å². The van der Waals surface area contributed by atoms with Crippen LogP contribution >= 0.6 is 0 Å². The lowest BCUT2D eigenvalue weighted by Crippen LogP contribution is -2.48. The first-order valence-electron chi connectivity index (χ1n) is 12.3. The normalized spacial score (nSPS) is 51.2. The number of ether oxygens (including phenoxy) is 7. The Labute approximate surface area is 221 Å². The van der Waals surface area contributed by atoms with E-state index < -0.39 is 131 Å². The summed E-state index contributed by atoms with van der Waals surface area (Å²) >= 11 is 0. The molecule has 4 fully saturated rings. The van der Waals surface area contributed by atoms with Gasteiger partial charge in [-0.05, 0) is 0 Å². The molecule has 18 nitrogen and oxygen atoms in total. The topological polar surface area (TPSA) is 287 Å². The molecule has 17 atom stereocenters. The number of aliphatic hydroxyl groups excluding tert-OH is 11. The molecule has 4 rings (SSSR count). The first kappa shape index (κ1) is 31.2. The number of aliphatic hydroxyl groups is 11. The van der Waals surface area contributed by atoms with Crippen LogP contribution in [0.5, 0.6) is 0 Å². The van der Waals surface area contributed by atoms with Gasteiger partial charge in [0, 0.05) is 0 Å². The average Bonchev–Trinajstić information content (AvgIpc) is 3.59. The smallest absolute Gasteiger partial charge is 0.187 e. The van der Waals surface area contributed by atoms with Crippen molar-refractivity contribution >= 4 is 0 Å². The summed E-state index contributed by atoms with van der Waals surface area (Å²) in [4.78, 5) is 0. The second kappa shape index (κ2) is 13.1. The third kappa shape index (κ3) is 6.09. The molecule has 4 aliphatic heterocycles. The van der Waals surface area contributed by atoms with Crippen LogP contribution in [-0.4, -0.2) is 187 Å². The summed E-state index contributed by atoms with van der Waals surface area (Å²) < 4.78 is 38.3. The molecule has 4 aliphatic rings. The van der Waals surface area contributed by atoms with E-state index in [1.165, 1.54) is 0 Å². The number of rotatable bonds is 11. The van der Waals surface area contributed by atoms with Gasteiger partial charge in [-0.25, -0.2) is 0 Å². The highest BCUT2D eigenvalue weighted by molar-refractivity contribution is 4.97. The van der Waals surface area contributed by atoms with Crippen LogP contribution in [0.4, 0.5) is 0 Å². The summed E-state index contributed by atoms with van der Waals surface area (Å²) in [6.45, 7) is -2.84. The molecule has 4 saturated heterocycles. The lowest BCUT2D eigenvalue weighted by Gasteiger charge is -2.31. The Bertz CT molecular complexity index is 777. The summed E-state index contributed by atoms with van der Waals surface area (Å²) in [5, 5.41) is 109. The van der Waals surface area contributed by atoms with Gasteiger partial charge >= 0.3 is 0 Å². The van der Waals surface area contributed by atoms with Crippen LogP contribution in [0, 0.1) is 0 Å². The largest absolute Gasteiger partial charge is 0.394 e. The standard InChI is InChI=1S/C21H36O18/c22-1-5(26)14-11(29)13(31)20(36-14)38-16-10(28)7(3-24)35-21(16)39-17-15(8(4-25)33-18(17)32)37-19-12(30)9(27)6(2-23)34-19/h5-32H,1-4H2/t5-,6+,7+,8+,9+,10+,11-,12-,13-,14+,15+,16-,17-,18+,19+,20+,21-/m1/s1. The van der Waals surface area contributed by atoms with E-state index in [0.29, 0.717) is 0 Å². The maximum absolute atomic E-state index is 10.7. The molecular weight excluding hydrogens is 540 g/mol. The van der Waals surface area contributed by atoms with Gasteiger partial charge in [0.05, 0.1) is 26.4 Å². The van der Waals surface area contributed by atoms with Gasteiger partial charge in [-0.2, -0.15) is 0 Å². The van der Waals surface area contributed by atoms with Crippen LogP contribution in [0.15, 0.2) is 0 Å². The van der Waals surface area contributed by atoms with E-state index in [1.54, 1.807) is 0 Å². The van der Waals surface area contributed by atoms with E-state index >= 15 is 0 Å². The minimum absolute atomic E-state index is 0.638. The van der Waals surface area contributed by atoms with Gasteiger partial charge in [-0.1, -0.05) is 0 Å². The predicted molar refractivity (Wildman–Crippen MR) is 116 cm³/mol. The summed E-state index contributed by atoms with van der Waals surface area (Å²) in [7, 11) is 0. The molecule has 18 heteroatoms. The quantitative estimate of drug-likeness (QED) is 0.109. The maximum Gasteiger partial charge on any atom is 0.187 e. The fraction of sp³-hybridized carbons (Fsp3) is 1.00. The Hall–Kier alpha value is -0.720. The van der Waals surface area contributed by atoms with Crippen molar-refractivity contribution in [2.75, 3.05) is 26.4 Å². The lowest BCUT2D eigenvalue weighted by atomic mass is 10.1. The Morgan fingerprint density at radius 2 is 1.03 bits per heavy atom. The Morgan fingerprint density at radius 3 is 1.62 bits per heavy atom. The second-order valence-electron chi connectivity index (χ2n) is 9.67. The van der Waals surface area contributed by atoms with Crippen LogP contribution in [0.2, 0.25) is 0 Å². The SMILES string of the molecule is OC[C@@H](O)[C@@H]1O[C@@H](O[C@H]2[C@@H](O[C@@H]3[C@@H](O[C@@H]4O[C@@H](CO)[C@H](O)[C@H]4O)[C@H](CO)O[C@@H]3O)O[C@@H](CO)[C@@H]2O)[C@H](O)[C@H]1O. The predicted octanol–water partition coefficient (Wildman–Crippen LogP) is -7.83. The zero-order chi connectivity index (χ0) is 28.6. The van der Waals surface area contributed by atoms with Crippen molar-refractivity contribution in [2.24, 2.45) is 0 Å². The maximum atomic E-state index is 10.7. The van der Waals surface area contributed by atoms with E-state index in [1.807, 2.05) is 0 Å². The van der Waals surface area contributed by atoms with E-state index in [9.17, 15) is 51.1 Å². The van der Waals surface area contributed by atoms with Gasteiger partial charge in [0.25, 0.3) is 0 Å². The van der Waals surface area contributed by atoms with Crippen LogP contribution in [0.1, 0.15) is 0 Å². The number of hydrogen-bond donors (Lipinski definition) is 11. The molecule has 0 aliphatic carbocycles. The highest BCUT2D eigenvalue weighted by atomic mass is 16.8. The molecular formula is C21H36O18. The molecule has 0 saturated carbocycles. The molecule has 4 heterocycles. The molecule has 0 amide bonds. The van der Waals surface area contributed by atoms with E-state index in [4.69, 9.17) is 38.3 Å².